The highest BCUT2D eigenvalue weighted by atomic mass is 16.5. The van der Waals surface area contributed by atoms with E-state index in [0.717, 1.165) is 16.7 Å². The van der Waals surface area contributed by atoms with Crippen LogP contribution in [-0.2, 0) is 11.2 Å². The monoisotopic (exact) mass is 428 g/mol. The molecule has 0 heterocycles. The van der Waals surface area contributed by atoms with Crippen LogP contribution in [0.15, 0.2) is 90.6 Å². The number of carbonyl (C=O) groups excluding carboxylic acids is 2. The van der Waals surface area contributed by atoms with Gasteiger partial charge in [-0.05, 0) is 66.9 Å². The van der Waals surface area contributed by atoms with Crippen LogP contribution in [0.5, 0.6) is 11.5 Å². The van der Waals surface area contributed by atoms with Gasteiger partial charge in [0.1, 0.15) is 11.5 Å². The summed E-state index contributed by atoms with van der Waals surface area (Å²) in [7, 11) is 0. The van der Waals surface area contributed by atoms with Gasteiger partial charge in [0.15, 0.2) is 6.61 Å². The zero-order valence-corrected chi connectivity index (χ0v) is 17.8. The summed E-state index contributed by atoms with van der Waals surface area (Å²) in [6, 6.07) is 21.4. The Morgan fingerprint density at radius 1 is 1.00 bits per heavy atom. The fourth-order valence-electron chi connectivity index (χ4n) is 2.80. The van der Waals surface area contributed by atoms with Gasteiger partial charge in [-0.3, -0.25) is 4.79 Å². The second-order valence-electron chi connectivity index (χ2n) is 7.01. The Morgan fingerprint density at radius 2 is 1.72 bits per heavy atom. The molecular formula is C26H24N2O4. The van der Waals surface area contributed by atoms with E-state index in [2.05, 4.69) is 17.1 Å². The number of hydrogen-bond donors (Lipinski definition) is 1. The Morgan fingerprint density at radius 3 is 2.44 bits per heavy atom. The number of amides is 1. The smallest absolute Gasteiger partial charge is 0.343 e. The van der Waals surface area contributed by atoms with Gasteiger partial charge in [0.25, 0.3) is 5.91 Å². The maximum absolute atomic E-state index is 12.2. The summed E-state index contributed by atoms with van der Waals surface area (Å²) in [6.07, 6.45) is 3.93. The average molecular weight is 428 g/mol. The Balaban J connectivity index is 1.47. The SMILES string of the molecule is C=CCc1ccccc1OCC(=O)N/N=C/c1ccc(OC(=O)c2ccc(C)cc2)cc1. The number of nitrogens with one attached hydrogen (secondary N) is 1. The van der Waals surface area contributed by atoms with Gasteiger partial charge in [-0.2, -0.15) is 5.10 Å². The fraction of sp³-hybridized carbons (Fsp3) is 0.115. The van der Waals surface area contributed by atoms with Gasteiger partial charge in [0, 0.05) is 0 Å². The van der Waals surface area contributed by atoms with Crippen LogP contribution < -0.4 is 14.9 Å². The summed E-state index contributed by atoms with van der Waals surface area (Å²) >= 11 is 0. The molecule has 0 aliphatic heterocycles. The van der Waals surface area contributed by atoms with E-state index in [4.69, 9.17) is 9.47 Å². The van der Waals surface area contributed by atoms with E-state index in [1.807, 2.05) is 43.3 Å². The lowest BCUT2D eigenvalue weighted by molar-refractivity contribution is -0.123. The van der Waals surface area contributed by atoms with E-state index < -0.39 is 5.97 Å². The second-order valence-corrected chi connectivity index (χ2v) is 7.01. The molecule has 0 fully saturated rings. The highest BCUT2D eigenvalue weighted by molar-refractivity contribution is 5.91. The number of esters is 1. The van der Waals surface area contributed by atoms with E-state index in [1.165, 1.54) is 6.21 Å². The van der Waals surface area contributed by atoms with Crippen LogP contribution in [0.2, 0.25) is 0 Å². The predicted molar refractivity (Wildman–Crippen MR) is 124 cm³/mol. The van der Waals surface area contributed by atoms with Gasteiger partial charge in [-0.25, -0.2) is 10.2 Å². The summed E-state index contributed by atoms with van der Waals surface area (Å²) in [5, 5.41) is 3.93. The number of benzene rings is 3. The van der Waals surface area contributed by atoms with Crippen molar-refractivity contribution in [1.29, 1.82) is 0 Å². The maximum Gasteiger partial charge on any atom is 0.343 e. The van der Waals surface area contributed by atoms with Gasteiger partial charge in [0.2, 0.25) is 0 Å². The first kappa shape index (κ1) is 22.5. The van der Waals surface area contributed by atoms with Crippen LogP contribution in [0.3, 0.4) is 0 Å². The standard InChI is InChI=1S/C26H24N2O4/c1-3-6-21-7-4-5-8-24(21)31-18-25(29)28-27-17-20-11-15-23(16-12-20)32-26(30)22-13-9-19(2)10-14-22/h3-5,7-17H,1,6,18H2,2H3,(H,28,29)/b27-17+. The molecule has 0 atom stereocenters. The molecule has 6 nitrogen and oxygen atoms in total. The van der Waals surface area contributed by atoms with Gasteiger partial charge in [-0.15, -0.1) is 6.58 Å². The van der Waals surface area contributed by atoms with E-state index in [0.29, 0.717) is 23.5 Å². The molecule has 32 heavy (non-hydrogen) atoms. The van der Waals surface area contributed by atoms with E-state index in [-0.39, 0.29) is 12.5 Å². The van der Waals surface area contributed by atoms with Crippen molar-refractivity contribution in [2.75, 3.05) is 6.61 Å². The average Bonchev–Trinajstić information content (AvgIpc) is 2.80. The van der Waals surface area contributed by atoms with Crippen molar-refractivity contribution in [3.63, 3.8) is 0 Å². The minimum atomic E-state index is -0.423. The lowest BCUT2D eigenvalue weighted by atomic mass is 10.1. The maximum atomic E-state index is 12.2. The number of hydrogen-bond acceptors (Lipinski definition) is 5. The lowest BCUT2D eigenvalue weighted by Crippen LogP contribution is -2.24. The molecule has 6 heteroatoms. The molecule has 0 saturated carbocycles. The van der Waals surface area contributed by atoms with Crippen molar-refractivity contribution >= 4 is 18.1 Å². The van der Waals surface area contributed by atoms with Crippen LogP contribution in [0.25, 0.3) is 0 Å². The summed E-state index contributed by atoms with van der Waals surface area (Å²) < 4.78 is 10.9. The van der Waals surface area contributed by atoms with E-state index >= 15 is 0 Å². The normalized spacial score (nSPS) is 10.5. The quantitative estimate of drug-likeness (QED) is 0.179. The van der Waals surface area contributed by atoms with Gasteiger partial charge >= 0.3 is 5.97 Å². The molecule has 162 valence electrons. The Bertz CT molecular complexity index is 1100. The number of ether oxygens (including phenoxy) is 2. The molecule has 1 amide bonds. The number of carbonyl (C=O) groups is 2. The molecule has 0 aliphatic rings. The molecule has 0 radical (unpaired) electrons. The van der Waals surface area contributed by atoms with E-state index in [1.54, 1.807) is 42.5 Å². The van der Waals surface area contributed by atoms with Gasteiger partial charge < -0.3 is 9.47 Å². The van der Waals surface area contributed by atoms with Crippen molar-refractivity contribution in [1.82, 2.24) is 5.43 Å². The molecule has 0 unspecified atom stereocenters. The number of rotatable bonds is 9. The van der Waals surface area contributed by atoms with Crippen molar-refractivity contribution < 1.29 is 19.1 Å². The molecule has 0 saturated heterocycles. The third-order valence-electron chi connectivity index (χ3n) is 4.48. The van der Waals surface area contributed by atoms with Gasteiger partial charge in [-0.1, -0.05) is 42.0 Å². The largest absolute Gasteiger partial charge is 0.483 e. The van der Waals surface area contributed by atoms with Crippen molar-refractivity contribution in [3.05, 3.63) is 108 Å². The Hall–Kier alpha value is -4.19. The molecule has 3 aromatic rings. The number of aryl methyl sites for hydroxylation is 1. The Labute approximate surface area is 187 Å². The topological polar surface area (TPSA) is 77.0 Å². The molecule has 0 aromatic heterocycles. The summed E-state index contributed by atoms with van der Waals surface area (Å²) in [5.41, 5.74) is 5.68. The van der Waals surface area contributed by atoms with Crippen molar-refractivity contribution in [2.24, 2.45) is 5.10 Å². The highest BCUT2D eigenvalue weighted by Gasteiger charge is 2.08. The van der Waals surface area contributed by atoms with Crippen molar-refractivity contribution in [3.8, 4) is 11.5 Å². The fourth-order valence-corrected chi connectivity index (χ4v) is 2.80. The third-order valence-corrected chi connectivity index (χ3v) is 4.48. The first-order chi connectivity index (χ1) is 15.5. The minimum Gasteiger partial charge on any atom is -0.483 e. The molecular weight excluding hydrogens is 404 g/mol. The number of nitrogens with zero attached hydrogens (tertiary/aromatic N) is 1. The first-order valence-electron chi connectivity index (χ1n) is 10.1. The number of hydrazone groups is 1. The van der Waals surface area contributed by atoms with E-state index in [9.17, 15) is 9.59 Å². The first-order valence-corrected chi connectivity index (χ1v) is 10.1. The van der Waals surface area contributed by atoms with Crippen LogP contribution in [-0.4, -0.2) is 24.7 Å². The zero-order chi connectivity index (χ0) is 22.8. The third kappa shape index (κ3) is 6.67. The van der Waals surface area contributed by atoms with Crippen LogP contribution in [0.4, 0.5) is 0 Å². The van der Waals surface area contributed by atoms with Crippen LogP contribution in [0, 0.1) is 6.92 Å². The molecule has 0 bridgehead atoms. The van der Waals surface area contributed by atoms with Crippen LogP contribution >= 0.6 is 0 Å². The molecule has 0 aliphatic carbocycles. The zero-order valence-electron chi connectivity index (χ0n) is 17.8. The molecule has 3 rings (SSSR count). The molecule has 3 aromatic carbocycles. The highest BCUT2D eigenvalue weighted by Crippen LogP contribution is 2.18. The minimum absolute atomic E-state index is 0.153. The molecule has 0 spiro atoms. The van der Waals surface area contributed by atoms with Crippen LogP contribution in [0.1, 0.15) is 27.0 Å². The summed E-state index contributed by atoms with van der Waals surface area (Å²) in [4.78, 5) is 24.1. The Kier molecular flexibility index (Phi) is 7.92. The number of allylic oxidation sites excluding steroid dienone is 1. The van der Waals surface area contributed by atoms with Crippen molar-refractivity contribution in [2.45, 2.75) is 13.3 Å². The summed E-state index contributed by atoms with van der Waals surface area (Å²) in [6.45, 7) is 5.52. The molecule has 1 N–H and O–H groups in total. The second kappa shape index (κ2) is 11.3. The van der Waals surface area contributed by atoms with Gasteiger partial charge in [0.05, 0.1) is 11.8 Å². The summed E-state index contributed by atoms with van der Waals surface area (Å²) in [5.74, 6) is 0.261. The number of para-hydroxylation sites is 1. The lowest BCUT2D eigenvalue weighted by Gasteiger charge is -2.09. The predicted octanol–water partition coefficient (Wildman–Crippen LogP) is 4.47.